The van der Waals surface area contributed by atoms with E-state index in [2.05, 4.69) is 113 Å². The maximum Gasteiger partial charge on any atom is 0.186 e. The fourth-order valence-corrected chi connectivity index (χ4v) is 14.1. The zero-order chi connectivity index (χ0) is 38.1. The molecule has 57 heavy (non-hydrogen) atoms. The Balaban J connectivity index is 1.12. The third-order valence-electron chi connectivity index (χ3n) is 11.6. The first-order chi connectivity index (χ1) is 28.1. The molecule has 10 aromatic rings. The van der Waals surface area contributed by atoms with Gasteiger partial charge in [0.25, 0.3) is 0 Å². The summed E-state index contributed by atoms with van der Waals surface area (Å²) >= 11 is 0. The Bertz CT molecular complexity index is 3100. The highest BCUT2D eigenvalue weighted by Crippen LogP contribution is 2.42. The number of nitrogens with zero attached hydrogens (tertiary/aromatic N) is 4. The molecule has 3 aromatic heterocycles. The van der Waals surface area contributed by atoms with Crippen molar-refractivity contribution in [1.82, 2.24) is 14.5 Å². The number of para-hydroxylation sites is 3. The molecule has 0 bridgehead atoms. The Morgan fingerprint density at radius 3 is 2.09 bits per heavy atom. The Kier molecular flexibility index (Phi) is 7.59. The maximum atomic E-state index is 17.0. The monoisotopic (exact) mass is 754 g/mol. The number of hydrogen-bond acceptors (Lipinski definition) is 4. The standard InChI is InChI=1S/C50H35FN4OSi/c1-54-42-25-10-9-24-41(42)53-49(54)35-17-12-15-33(29-35)48(51)34-16-13-18-36(30-34)55-43-32-45-40(39-23-8-11-26-44(39)56-45)31-47(43)57(37-19-4-2-5-20-37,38-21-6-3-7-22-38)46-27-14-28-52-50(46)55/h2-32,48H,1H3. The van der Waals surface area contributed by atoms with E-state index in [1.165, 1.54) is 20.7 Å². The minimum atomic E-state index is -3.00. The molecular formula is C50H35FN4OSi. The zero-order valence-electron chi connectivity index (χ0n) is 31.1. The van der Waals surface area contributed by atoms with Gasteiger partial charge in [-0.05, 0) is 80.4 Å². The normalized spacial score (nSPS) is 13.8. The quantitative estimate of drug-likeness (QED) is 0.159. The highest BCUT2D eigenvalue weighted by atomic mass is 28.3. The molecule has 5 nitrogen and oxygen atoms in total. The summed E-state index contributed by atoms with van der Waals surface area (Å²) in [5, 5.41) is 7.05. The Hall–Kier alpha value is -7.09. The molecular weight excluding hydrogens is 720 g/mol. The second-order valence-electron chi connectivity index (χ2n) is 14.7. The average Bonchev–Trinajstić information content (AvgIpc) is 3.82. The number of imidazole rings is 1. The van der Waals surface area contributed by atoms with Crippen LogP contribution in [-0.2, 0) is 7.05 Å². The number of hydrogen-bond donors (Lipinski definition) is 0. The van der Waals surface area contributed by atoms with Crippen LogP contribution in [0.2, 0.25) is 0 Å². The van der Waals surface area contributed by atoms with E-state index in [-0.39, 0.29) is 0 Å². The summed E-state index contributed by atoms with van der Waals surface area (Å²) in [6, 6.07) is 62.4. The Labute approximate surface area is 330 Å². The van der Waals surface area contributed by atoms with Crippen LogP contribution in [0.4, 0.5) is 21.6 Å². The van der Waals surface area contributed by atoms with Crippen molar-refractivity contribution in [3.63, 3.8) is 0 Å². The van der Waals surface area contributed by atoms with Crippen molar-refractivity contribution in [2.45, 2.75) is 6.17 Å². The topological polar surface area (TPSA) is 47.1 Å². The van der Waals surface area contributed by atoms with Crippen molar-refractivity contribution in [1.29, 1.82) is 0 Å². The van der Waals surface area contributed by atoms with Crippen LogP contribution in [0.1, 0.15) is 17.3 Å². The number of furan rings is 1. The van der Waals surface area contributed by atoms with Gasteiger partial charge in [-0.3, -0.25) is 4.90 Å². The summed E-state index contributed by atoms with van der Waals surface area (Å²) in [5.74, 6) is 1.63. The van der Waals surface area contributed by atoms with Gasteiger partial charge in [0.15, 0.2) is 14.2 Å². The molecule has 1 aliphatic rings. The van der Waals surface area contributed by atoms with Crippen molar-refractivity contribution in [3.8, 4) is 11.4 Å². The van der Waals surface area contributed by atoms with Crippen molar-refractivity contribution < 1.29 is 8.81 Å². The first kappa shape index (κ1) is 33.3. The van der Waals surface area contributed by atoms with Gasteiger partial charge in [-0.15, -0.1) is 0 Å². The van der Waals surface area contributed by atoms with Crippen LogP contribution in [-0.4, -0.2) is 22.6 Å². The van der Waals surface area contributed by atoms with E-state index in [0.717, 1.165) is 61.6 Å². The van der Waals surface area contributed by atoms with Gasteiger partial charge in [0.1, 0.15) is 22.8 Å². The van der Waals surface area contributed by atoms with Gasteiger partial charge in [-0.1, -0.05) is 127 Å². The second-order valence-corrected chi connectivity index (χ2v) is 18.5. The molecule has 1 atom stereocenters. The number of fused-ring (bicyclic) bond motifs is 6. The Morgan fingerprint density at radius 2 is 1.30 bits per heavy atom. The molecule has 7 aromatic carbocycles. The molecule has 0 amide bonds. The molecule has 1 aliphatic heterocycles. The lowest BCUT2D eigenvalue weighted by molar-refractivity contribution is 0.402. The summed E-state index contributed by atoms with van der Waals surface area (Å²) in [6.45, 7) is 0. The summed E-state index contributed by atoms with van der Waals surface area (Å²) in [5.41, 5.74) is 7.36. The number of aryl methyl sites for hydroxylation is 1. The molecule has 0 N–H and O–H groups in total. The van der Waals surface area contributed by atoms with Crippen molar-refractivity contribution >= 4 is 79.0 Å². The van der Waals surface area contributed by atoms with Crippen LogP contribution >= 0.6 is 0 Å². The summed E-state index contributed by atoms with van der Waals surface area (Å²) < 4.78 is 25.7. The summed E-state index contributed by atoms with van der Waals surface area (Å²) in [7, 11) is -0.998. The van der Waals surface area contributed by atoms with Crippen LogP contribution in [0.5, 0.6) is 0 Å². The molecule has 0 radical (unpaired) electrons. The maximum absolute atomic E-state index is 17.0. The first-order valence-electron chi connectivity index (χ1n) is 19.2. The van der Waals surface area contributed by atoms with Gasteiger partial charge in [-0.25, -0.2) is 14.4 Å². The van der Waals surface area contributed by atoms with E-state index in [1.807, 2.05) is 92.1 Å². The first-order valence-corrected chi connectivity index (χ1v) is 21.2. The molecule has 1 unspecified atom stereocenters. The molecule has 0 saturated carbocycles. The molecule has 0 aliphatic carbocycles. The number of pyridine rings is 1. The molecule has 4 heterocycles. The summed E-state index contributed by atoms with van der Waals surface area (Å²) in [4.78, 5) is 12.3. The van der Waals surface area contributed by atoms with Gasteiger partial charge in [0, 0.05) is 41.3 Å². The SMILES string of the molecule is Cn1c(-c2cccc(C(F)c3cccc(N4c5cc6oc7ccccc7c6cc5[Si](c5ccccc5)(c5ccccc5)c5cccnc54)c3)c2)nc2ccccc21. The minimum Gasteiger partial charge on any atom is -0.456 e. The van der Waals surface area contributed by atoms with Crippen LogP contribution in [0.3, 0.4) is 0 Å². The predicted octanol–water partition coefficient (Wildman–Crippen LogP) is 9.75. The highest BCUT2D eigenvalue weighted by molar-refractivity contribution is 7.21. The van der Waals surface area contributed by atoms with Crippen molar-refractivity contribution in [2.24, 2.45) is 7.05 Å². The third-order valence-corrected chi connectivity index (χ3v) is 16.4. The van der Waals surface area contributed by atoms with Gasteiger partial charge >= 0.3 is 0 Å². The van der Waals surface area contributed by atoms with Crippen molar-refractivity contribution in [3.05, 3.63) is 199 Å². The Morgan fingerprint density at radius 1 is 0.596 bits per heavy atom. The van der Waals surface area contributed by atoms with Gasteiger partial charge < -0.3 is 8.98 Å². The molecule has 0 saturated heterocycles. The smallest absolute Gasteiger partial charge is 0.186 e. The fourth-order valence-electron chi connectivity index (χ4n) is 9.05. The van der Waals surface area contributed by atoms with Crippen LogP contribution in [0, 0.1) is 0 Å². The van der Waals surface area contributed by atoms with E-state index in [0.29, 0.717) is 11.1 Å². The van der Waals surface area contributed by atoms with E-state index in [1.54, 1.807) is 0 Å². The van der Waals surface area contributed by atoms with Crippen LogP contribution in [0.15, 0.2) is 193 Å². The largest absolute Gasteiger partial charge is 0.456 e. The predicted molar refractivity (Wildman–Crippen MR) is 232 cm³/mol. The van der Waals surface area contributed by atoms with E-state index >= 15 is 4.39 Å². The second kappa shape index (κ2) is 13.0. The van der Waals surface area contributed by atoms with Gasteiger partial charge in [-0.2, -0.15) is 0 Å². The van der Waals surface area contributed by atoms with Gasteiger partial charge in [0.05, 0.1) is 16.7 Å². The molecule has 7 heteroatoms. The van der Waals surface area contributed by atoms with E-state index in [9.17, 15) is 0 Å². The average molecular weight is 755 g/mol. The lowest BCUT2D eigenvalue weighted by atomic mass is 9.99. The van der Waals surface area contributed by atoms with Crippen LogP contribution < -0.4 is 25.6 Å². The third kappa shape index (κ3) is 5.05. The van der Waals surface area contributed by atoms with E-state index in [4.69, 9.17) is 14.4 Å². The minimum absolute atomic E-state index is 0.554. The fraction of sp³-hybridized carbons (Fsp3) is 0.0400. The zero-order valence-corrected chi connectivity index (χ0v) is 32.1. The highest BCUT2D eigenvalue weighted by Gasteiger charge is 2.50. The van der Waals surface area contributed by atoms with Crippen molar-refractivity contribution in [2.75, 3.05) is 4.90 Å². The molecule has 11 rings (SSSR count). The number of benzene rings is 7. The molecule has 0 spiro atoms. The number of alkyl halides is 1. The lowest BCUT2D eigenvalue weighted by Gasteiger charge is -2.44. The number of halogens is 1. The van der Waals surface area contributed by atoms with E-state index < -0.39 is 14.2 Å². The lowest BCUT2D eigenvalue weighted by Crippen LogP contribution is -2.77. The van der Waals surface area contributed by atoms with Crippen LogP contribution in [0.25, 0.3) is 44.4 Å². The number of anilines is 3. The summed E-state index contributed by atoms with van der Waals surface area (Å²) in [6.07, 6.45) is 0.479. The molecule has 0 fully saturated rings. The number of rotatable bonds is 6. The van der Waals surface area contributed by atoms with Gasteiger partial charge in [0.2, 0.25) is 0 Å². The number of aromatic nitrogens is 3. The molecule has 272 valence electrons.